The molecular formula is C25H31FN4O4. The minimum Gasteiger partial charge on any atom is -0.351 e. The van der Waals surface area contributed by atoms with Crippen molar-refractivity contribution in [1.82, 2.24) is 15.7 Å². The van der Waals surface area contributed by atoms with Crippen LogP contribution in [0.4, 0.5) is 4.39 Å². The van der Waals surface area contributed by atoms with Crippen LogP contribution in [0.25, 0.3) is 0 Å². The lowest BCUT2D eigenvalue weighted by Crippen LogP contribution is -2.53. The van der Waals surface area contributed by atoms with Crippen LogP contribution in [0.15, 0.2) is 48.5 Å². The van der Waals surface area contributed by atoms with Gasteiger partial charge in [0.15, 0.2) is 0 Å². The second-order valence-corrected chi connectivity index (χ2v) is 8.45. The van der Waals surface area contributed by atoms with Gasteiger partial charge in [0.2, 0.25) is 11.8 Å². The van der Waals surface area contributed by atoms with Crippen LogP contribution in [0.2, 0.25) is 0 Å². The Labute approximate surface area is 198 Å². The van der Waals surface area contributed by atoms with Crippen molar-refractivity contribution in [2.24, 2.45) is 11.1 Å². The molecule has 0 spiro atoms. The fourth-order valence-electron chi connectivity index (χ4n) is 3.96. The van der Waals surface area contributed by atoms with Crippen molar-refractivity contribution in [3.05, 3.63) is 71.0 Å². The summed E-state index contributed by atoms with van der Waals surface area (Å²) in [6, 6.07) is 13.2. The van der Waals surface area contributed by atoms with Gasteiger partial charge in [0.1, 0.15) is 5.82 Å². The normalized spacial score (nSPS) is 15.0. The highest BCUT2D eigenvalue weighted by atomic mass is 19.1. The third kappa shape index (κ3) is 6.39. The van der Waals surface area contributed by atoms with Gasteiger partial charge in [-0.3, -0.25) is 19.2 Å². The van der Waals surface area contributed by atoms with Crippen LogP contribution in [-0.2, 0) is 27.4 Å². The van der Waals surface area contributed by atoms with E-state index in [1.54, 1.807) is 29.2 Å². The molecule has 0 bridgehead atoms. The molecule has 3 rings (SSSR count). The zero-order chi connectivity index (χ0) is 24.6. The summed E-state index contributed by atoms with van der Waals surface area (Å²) in [6.07, 6.45) is 1.55. The second kappa shape index (κ2) is 11.7. The molecule has 9 heteroatoms. The first-order valence-corrected chi connectivity index (χ1v) is 11.4. The first-order valence-electron chi connectivity index (χ1n) is 11.4. The predicted octanol–water partition coefficient (Wildman–Crippen LogP) is 1.93. The molecule has 1 saturated heterocycles. The topological polar surface area (TPSA) is 114 Å². The van der Waals surface area contributed by atoms with Gasteiger partial charge in [-0.05, 0) is 54.7 Å². The molecule has 1 aliphatic rings. The number of amides is 3. The summed E-state index contributed by atoms with van der Waals surface area (Å²) in [5, 5.41) is 2.85. The number of piperidine rings is 1. The molecule has 1 fully saturated rings. The minimum absolute atomic E-state index is 0.0641. The average Bonchev–Trinajstić information content (AvgIpc) is 2.87. The van der Waals surface area contributed by atoms with E-state index in [1.807, 2.05) is 19.1 Å². The van der Waals surface area contributed by atoms with Gasteiger partial charge < -0.3 is 16.0 Å². The molecule has 2 aromatic carbocycles. The zero-order valence-corrected chi connectivity index (χ0v) is 19.3. The van der Waals surface area contributed by atoms with E-state index in [9.17, 15) is 18.8 Å². The molecule has 0 unspecified atom stereocenters. The molecule has 1 heterocycles. The molecule has 0 radical (unpaired) electrons. The van der Waals surface area contributed by atoms with Crippen LogP contribution < -0.4 is 16.5 Å². The monoisotopic (exact) mass is 470 g/mol. The van der Waals surface area contributed by atoms with E-state index in [1.165, 1.54) is 12.1 Å². The van der Waals surface area contributed by atoms with Crippen LogP contribution in [-0.4, -0.2) is 48.9 Å². The molecule has 0 aliphatic carbocycles. The number of carbonyl (C=O) groups excluding carboxylic acids is 3. The van der Waals surface area contributed by atoms with Crippen molar-refractivity contribution in [3.8, 4) is 0 Å². The smallest absolute Gasteiger partial charge is 0.274 e. The minimum atomic E-state index is -0.960. The number of hydrogen-bond donors (Lipinski definition) is 3. The molecule has 3 amide bonds. The highest BCUT2D eigenvalue weighted by molar-refractivity contribution is 5.93. The fraction of sp³-hybridized carbons (Fsp3) is 0.400. The van der Waals surface area contributed by atoms with Crippen molar-refractivity contribution < 1.29 is 23.6 Å². The number of nitrogens with two attached hydrogens (primary N) is 1. The fourth-order valence-corrected chi connectivity index (χ4v) is 3.96. The van der Waals surface area contributed by atoms with E-state index in [2.05, 4.69) is 10.8 Å². The number of likely N-dealkylation sites (tertiary alicyclic amines) is 1. The lowest BCUT2D eigenvalue weighted by Gasteiger charge is -2.40. The lowest BCUT2D eigenvalue weighted by molar-refractivity contribution is -0.145. The van der Waals surface area contributed by atoms with E-state index in [0.717, 1.165) is 12.0 Å². The maximum atomic E-state index is 13.5. The molecule has 182 valence electrons. The molecule has 1 aliphatic heterocycles. The molecule has 0 saturated carbocycles. The zero-order valence-electron chi connectivity index (χ0n) is 19.3. The molecule has 4 N–H and O–H groups in total. The van der Waals surface area contributed by atoms with Crippen LogP contribution >= 0.6 is 0 Å². The summed E-state index contributed by atoms with van der Waals surface area (Å²) in [5.41, 5.74) is 9.12. The Kier molecular flexibility index (Phi) is 8.72. The number of hydrogen-bond acceptors (Lipinski definition) is 5. The number of rotatable bonds is 9. The maximum Gasteiger partial charge on any atom is 0.274 e. The third-order valence-electron chi connectivity index (χ3n) is 6.21. The van der Waals surface area contributed by atoms with Gasteiger partial charge >= 0.3 is 0 Å². The van der Waals surface area contributed by atoms with Crippen LogP contribution in [0.3, 0.4) is 0 Å². The SMILES string of the molecule is CCc1ccc(C(=O)NOCC2(C(=O)NCc3cccc(F)c3)CCN(C(=O)CN)CC2)cc1. The molecule has 34 heavy (non-hydrogen) atoms. The number of hydroxylamine groups is 1. The van der Waals surface area contributed by atoms with Crippen molar-refractivity contribution in [1.29, 1.82) is 0 Å². The Morgan fingerprint density at radius 3 is 2.41 bits per heavy atom. The van der Waals surface area contributed by atoms with E-state index < -0.39 is 11.3 Å². The van der Waals surface area contributed by atoms with Crippen LogP contribution in [0.5, 0.6) is 0 Å². The molecular weight excluding hydrogens is 439 g/mol. The first kappa shape index (κ1) is 25.3. The van der Waals surface area contributed by atoms with Crippen molar-refractivity contribution in [3.63, 3.8) is 0 Å². The summed E-state index contributed by atoms with van der Waals surface area (Å²) in [7, 11) is 0. The van der Waals surface area contributed by atoms with Gasteiger partial charge in [0, 0.05) is 25.2 Å². The summed E-state index contributed by atoms with van der Waals surface area (Å²) in [5.74, 6) is -1.25. The highest BCUT2D eigenvalue weighted by Gasteiger charge is 2.42. The van der Waals surface area contributed by atoms with E-state index in [0.29, 0.717) is 37.1 Å². The Hall–Kier alpha value is -3.30. The van der Waals surface area contributed by atoms with Gasteiger partial charge in [-0.15, -0.1) is 0 Å². The van der Waals surface area contributed by atoms with Gasteiger partial charge in [-0.1, -0.05) is 31.2 Å². The summed E-state index contributed by atoms with van der Waals surface area (Å²) >= 11 is 0. The summed E-state index contributed by atoms with van der Waals surface area (Å²) in [4.78, 5) is 44.8. The third-order valence-corrected chi connectivity index (χ3v) is 6.21. The number of nitrogens with zero attached hydrogens (tertiary/aromatic N) is 1. The van der Waals surface area contributed by atoms with Gasteiger partial charge in [0.25, 0.3) is 5.91 Å². The molecule has 8 nitrogen and oxygen atoms in total. The Morgan fingerprint density at radius 2 is 1.79 bits per heavy atom. The Bertz CT molecular complexity index is 1000. The summed E-state index contributed by atoms with van der Waals surface area (Å²) < 4.78 is 13.5. The van der Waals surface area contributed by atoms with Gasteiger partial charge in [-0.25, -0.2) is 9.87 Å². The van der Waals surface area contributed by atoms with E-state index in [-0.39, 0.29) is 37.3 Å². The number of carbonyl (C=O) groups is 3. The maximum absolute atomic E-state index is 13.5. The van der Waals surface area contributed by atoms with Crippen LogP contribution in [0.1, 0.15) is 41.3 Å². The Balaban J connectivity index is 1.64. The van der Waals surface area contributed by atoms with Gasteiger partial charge in [0.05, 0.1) is 18.6 Å². The molecule has 2 aromatic rings. The quantitative estimate of drug-likeness (QED) is 0.485. The van der Waals surface area contributed by atoms with Crippen molar-refractivity contribution in [2.45, 2.75) is 32.7 Å². The largest absolute Gasteiger partial charge is 0.351 e. The van der Waals surface area contributed by atoms with Crippen molar-refractivity contribution in [2.75, 3.05) is 26.2 Å². The Morgan fingerprint density at radius 1 is 1.09 bits per heavy atom. The number of nitrogens with one attached hydrogen (secondary N) is 2. The van der Waals surface area contributed by atoms with Crippen molar-refractivity contribution >= 4 is 17.7 Å². The number of benzene rings is 2. The second-order valence-electron chi connectivity index (χ2n) is 8.45. The molecule has 0 atom stereocenters. The molecule has 0 aromatic heterocycles. The standard InChI is InChI=1S/C25H31FN4O4/c1-2-18-6-8-20(9-7-18)23(32)29-34-17-25(10-12-30(13-11-25)22(31)15-27)24(33)28-16-19-4-3-5-21(26)14-19/h3-9,14H,2,10-13,15-17,27H2,1H3,(H,28,33)(H,29,32). The average molecular weight is 471 g/mol. The van der Waals surface area contributed by atoms with Gasteiger partial charge in [-0.2, -0.15) is 0 Å². The van der Waals surface area contributed by atoms with E-state index >= 15 is 0 Å². The first-order chi connectivity index (χ1) is 16.4. The summed E-state index contributed by atoms with van der Waals surface area (Å²) in [6.45, 7) is 2.72. The van der Waals surface area contributed by atoms with Crippen LogP contribution in [0, 0.1) is 11.2 Å². The lowest BCUT2D eigenvalue weighted by atomic mass is 9.78. The predicted molar refractivity (Wildman–Crippen MR) is 125 cm³/mol. The highest BCUT2D eigenvalue weighted by Crippen LogP contribution is 2.32. The number of halogens is 1. The number of aryl methyl sites for hydroxylation is 1. The van der Waals surface area contributed by atoms with E-state index in [4.69, 9.17) is 10.6 Å².